The topological polar surface area (TPSA) is 80.3 Å². The van der Waals surface area contributed by atoms with Gasteiger partial charge >= 0.3 is 59.1 Å². The third-order valence-electron chi connectivity index (χ3n) is 2.96. The number of carboxylic acids is 2. The van der Waals surface area contributed by atoms with E-state index in [0.29, 0.717) is 0 Å². The van der Waals surface area contributed by atoms with Gasteiger partial charge in [0.2, 0.25) is 0 Å². The average molecular weight is 260 g/mol. The van der Waals surface area contributed by atoms with Crippen molar-refractivity contribution in [1.82, 2.24) is 0 Å². The summed E-state index contributed by atoms with van der Waals surface area (Å²) < 4.78 is 0. The van der Waals surface area contributed by atoms with E-state index in [1.165, 1.54) is 0 Å². The largest absolute Gasteiger partial charge is 1.00 e. The van der Waals surface area contributed by atoms with E-state index in [1.54, 1.807) is 6.92 Å². The zero-order valence-corrected chi connectivity index (χ0v) is 15.5. The van der Waals surface area contributed by atoms with Crippen LogP contribution in [0.25, 0.3) is 0 Å². The van der Waals surface area contributed by atoms with Gasteiger partial charge in [0.15, 0.2) is 0 Å². The van der Waals surface area contributed by atoms with Gasteiger partial charge in [0.05, 0.1) is 11.9 Å². The predicted molar refractivity (Wildman–Crippen MR) is 51.4 cm³/mol. The SMILES string of the molecule is CCCC(CC)C(C)C(C(=O)[O-])C(=O)[O-].[Na+].[Na+]. The first-order valence-corrected chi connectivity index (χ1v) is 5.37. The molecule has 0 aromatic carbocycles. The van der Waals surface area contributed by atoms with Crippen molar-refractivity contribution >= 4 is 11.9 Å². The van der Waals surface area contributed by atoms with Gasteiger partial charge in [-0.05, 0) is 11.8 Å². The Bertz CT molecular complexity index is 220. The molecule has 0 heterocycles. The Labute approximate surface area is 147 Å². The molecule has 0 N–H and O–H groups in total. The molecule has 17 heavy (non-hydrogen) atoms. The minimum Gasteiger partial charge on any atom is -0.549 e. The van der Waals surface area contributed by atoms with Crippen LogP contribution in [-0.4, -0.2) is 11.9 Å². The van der Waals surface area contributed by atoms with Crippen LogP contribution < -0.4 is 69.3 Å². The number of carboxylic acid groups (broad SMARTS) is 2. The van der Waals surface area contributed by atoms with Gasteiger partial charge in [-0.3, -0.25) is 0 Å². The number of hydrogen-bond donors (Lipinski definition) is 0. The van der Waals surface area contributed by atoms with Crippen LogP contribution >= 0.6 is 0 Å². The molecule has 0 aliphatic rings. The van der Waals surface area contributed by atoms with Crippen molar-refractivity contribution in [3.05, 3.63) is 0 Å². The minimum absolute atomic E-state index is 0. The van der Waals surface area contributed by atoms with Crippen LogP contribution in [0.4, 0.5) is 0 Å². The summed E-state index contributed by atoms with van der Waals surface area (Å²) >= 11 is 0. The molecule has 88 valence electrons. The first kappa shape index (κ1) is 23.1. The Morgan fingerprint density at radius 2 is 1.47 bits per heavy atom. The van der Waals surface area contributed by atoms with E-state index in [0.717, 1.165) is 19.3 Å². The molecule has 0 radical (unpaired) electrons. The molecule has 0 aliphatic carbocycles. The summed E-state index contributed by atoms with van der Waals surface area (Å²) in [7, 11) is 0. The van der Waals surface area contributed by atoms with Crippen molar-refractivity contribution < 1.29 is 78.9 Å². The summed E-state index contributed by atoms with van der Waals surface area (Å²) in [4.78, 5) is 21.4. The minimum atomic E-state index is -1.54. The first-order chi connectivity index (χ1) is 6.95. The fourth-order valence-corrected chi connectivity index (χ4v) is 2.01. The van der Waals surface area contributed by atoms with Crippen LogP contribution in [0.5, 0.6) is 0 Å². The van der Waals surface area contributed by atoms with Crippen LogP contribution in [0.3, 0.4) is 0 Å². The zero-order chi connectivity index (χ0) is 12.0. The van der Waals surface area contributed by atoms with Gasteiger partial charge in [-0.2, -0.15) is 0 Å². The Kier molecular flexibility index (Phi) is 16.3. The Hall–Kier alpha value is 0.940. The van der Waals surface area contributed by atoms with E-state index in [-0.39, 0.29) is 65.0 Å². The molecule has 0 spiro atoms. The molecule has 0 aromatic rings. The average Bonchev–Trinajstić information content (AvgIpc) is 2.12. The second kappa shape index (κ2) is 12.0. The van der Waals surface area contributed by atoms with Gasteiger partial charge in [0, 0.05) is 5.92 Å². The summed E-state index contributed by atoms with van der Waals surface area (Å²) in [6.45, 7) is 5.56. The smallest absolute Gasteiger partial charge is 0.549 e. The van der Waals surface area contributed by atoms with Crippen molar-refractivity contribution in [2.24, 2.45) is 17.8 Å². The number of carbonyl (C=O) groups excluding carboxylic acids is 2. The molecule has 2 atom stereocenters. The maximum atomic E-state index is 10.7. The molecule has 0 amide bonds. The van der Waals surface area contributed by atoms with Gasteiger partial charge in [0.1, 0.15) is 0 Å². The molecule has 0 saturated heterocycles. The van der Waals surface area contributed by atoms with Gasteiger partial charge < -0.3 is 19.8 Å². The van der Waals surface area contributed by atoms with Crippen molar-refractivity contribution in [3.8, 4) is 0 Å². The fraction of sp³-hybridized carbons (Fsp3) is 0.818. The fourth-order valence-electron chi connectivity index (χ4n) is 2.01. The second-order valence-electron chi connectivity index (χ2n) is 3.93. The van der Waals surface area contributed by atoms with E-state index < -0.39 is 23.8 Å². The third-order valence-corrected chi connectivity index (χ3v) is 2.96. The maximum Gasteiger partial charge on any atom is 1.00 e. The zero-order valence-electron chi connectivity index (χ0n) is 11.5. The van der Waals surface area contributed by atoms with Gasteiger partial charge in [-0.1, -0.05) is 40.0 Å². The maximum absolute atomic E-state index is 10.7. The van der Waals surface area contributed by atoms with E-state index >= 15 is 0 Å². The van der Waals surface area contributed by atoms with E-state index in [2.05, 4.69) is 0 Å². The van der Waals surface area contributed by atoms with Crippen LogP contribution in [-0.2, 0) is 9.59 Å². The number of rotatable bonds is 7. The quantitative estimate of drug-likeness (QED) is 0.337. The van der Waals surface area contributed by atoms with E-state index in [1.807, 2.05) is 13.8 Å². The first-order valence-electron chi connectivity index (χ1n) is 5.37. The summed E-state index contributed by atoms with van der Waals surface area (Å²) in [5.41, 5.74) is 0. The molecule has 0 rings (SSSR count). The second-order valence-corrected chi connectivity index (χ2v) is 3.93. The van der Waals surface area contributed by atoms with Crippen molar-refractivity contribution in [1.29, 1.82) is 0 Å². The molecular weight excluding hydrogens is 242 g/mol. The third kappa shape index (κ3) is 7.85. The number of carbonyl (C=O) groups is 2. The Balaban J connectivity index is -0.000000980. The number of aliphatic carboxylic acids is 2. The number of hydrogen-bond acceptors (Lipinski definition) is 4. The van der Waals surface area contributed by atoms with Crippen LogP contribution in [0.15, 0.2) is 0 Å². The standard InChI is InChI=1S/C11H20O4.2Na/c1-4-6-8(5-2)7(3)9(10(12)13)11(14)15;;/h7-9H,4-6H2,1-3H3,(H,12,13)(H,14,15);;/q;2*+1/p-2. The summed E-state index contributed by atoms with van der Waals surface area (Å²) in [5, 5.41) is 21.4. The summed E-state index contributed by atoms with van der Waals surface area (Å²) in [6.07, 6.45) is 2.51. The molecular formula is C11H18Na2O4. The van der Waals surface area contributed by atoms with E-state index in [9.17, 15) is 19.8 Å². The van der Waals surface area contributed by atoms with Gasteiger partial charge in [0.25, 0.3) is 0 Å². The molecule has 0 aliphatic heterocycles. The van der Waals surface area contributed by atoms with Gasteiger partial charge in [-0.25, -0.2) is 0 Å². The van der Waals surface area contributed by atoms with Crippen LogP contribution in [0, 0.1) is 17.8 Å². The molecule has 0 saturated carbocycles. The summed E-state index contributed by atoms with van der Waals surface area (Å²) in [5.74, 6) is -4.93. The van der Waals surface area contributed by atoms with Crippen molar-refractivity contribution in [3.63, 3.8) is 0 Å². The molecule has 0 bridgehead atoms. The predicted octanol–water partition coefficient (Wildman–Crippen LogP) is -6.43. The molecule has 2 unspecified atom stereocenters. The molecule has 4 nitrogen and oxygen atoms in total. The Morgan fingerprint density at radius 3 is 1.71 bits per heavy atom. The van der Waals surface area contributed by atoms with Crippen molar-refractivity contribution in [2.45, 2.75) is 40.0 Å². The van der Waals surface area contributed by atoms with Crippen LogP contribution in [0.1, 0.15) is 40.0 Å². The molecule has 0 fully saturated rings. The Morgan fingerprint density at radius 1 is 1.06 bits per heavy atom. The van der Waals surface area contributed by atoms with Crippen LogP contribution in [0.2, 0.25) is 0 Å². The molecule has 0 aromatic heterocycles. The normalized spacial score (nSPS) is 13.2. The van der Waals surface area contributed by atoms with Gasteiger partial charge in [-0.15, -0.1) is 0 Å². The van der Waals surface area contributed by atoms with Crippen molar-refractivity contribution in [2.75, 3.05) is 0 Å². The monoisotopic (exact) mass is 260 g/mol. The van der Waals surface area contributed by atoms with E-state index in [4.69, 9.17) is 0 Å². The summed E-state index contributed by atoms with van der Waals surface area (Å²) in [6, 6.07) is 0. The molecule has 6 heteroatoms.